The number of imidazole rings is 1. The Hall–Kier alpha value is -1.24. The Balaban J connectivity index is 1.86. The van der Waals surface area contributed by atoms with E-state index in [1.165, 1.54) is 5.69 Å². The minimum atomic E-state index is 0.642. The zero-order valence-electron chi connectivity index (χ0n) is 12.4. The van der Waals surface area contributed by atoms with E-state index in [4.69, 9.17) is 9.40 Å². The lowest BCUT2D eigenvalue weighted by molar-refractivity contribution is 0.527. The van der Waals surface area contributed by atoms with Crippen molar-refractivity contribution in [2.24, 2.45) is 5.92 Å². The molecule has 0 aliphatic heterocycles. The largest absolute Gasteiger partial charge is 0.468 e. The summed E-state index contributed by atoms with van der Waals surface area (Å²) >= 11 is 3.34. The molecule has 0 saturated carbocycles. The summed E-state index contributed by atoms with van der Waals surface area (Å²) in [6.07, 6.45) is 3.82. The highest BCUT2D eigenvalue weighted by Gasteiger charge is 2.16. The highest BCUT2D eigenvalue weighted by Crippen LogP contribution is 2.34. The second-order valence-electron chi connectivity index (χ2n) is 5.39. The summed E-state index contributed by atoms with van der Waals surface area (Å²) in [6.45, 7) is 8.25. The first-order chi connectivity index (χ1) is 10.1. The number of nitrogens with one attached hydrogen (secondary N) is 1. The van der Waals surface area contributed by atoms with Gasteiger partial charge >= 0.3 is 0 Å². The van der Waals surface area contributed by atoms with Crippen LogP contribution in [0.2, 0.25) is 0 Å². The van der Waals surface area contributed by atoms with Crippen LogP contribution in [-0.2, 0) is 6.54 Å². The van der Waals surface area contributed by atoms with Gasteiger partial charge in [0.15, 0.2) is 4.96 Å². The molecule has 3 rings (SSSR count). The van der Waals surface area contributed by atoms with E-state index in [1.807, 2.05) is 13.0 Å². The molecule has 0 aliphatic rings. The molecule has 0 aliphatic carbocycles. The molecule has 0 radical (unpaired) electrons. The number of nitrogens with zero attached hydrogens (tertiary/aromatic N) is 2. The molecule has 0 spiro atoms. The van der Waals surface area contributed by atoms with Crippen LogP contribution in [0.4, 0.5) is 0 Å². The van der Waals surface area contributed by atoms with Crippen LogP contribution in [0.1, 0.15) is 25.3 Å². The number of hydrogen-bond acceptors (Lipinski definition) is 5. The molecule has 21 heavy (non-hydrogen) atoms. The van der Waals surface area contributed by atoms with Crippen LogP contribution in [-0.4, -0.2) is 15.9 Å². The second kappa shape index (κ2) is 6.25. The SMILES string of the molecule is Cc1occc1Sc1nc2sccn2c1CNCC(C)C. The highest BCUT2D eigenvalue weighted by atomic mass is 32.2. The number of aryl methyl sites for hydroxylation is 1. The van der Waals surface area contributed by atoms with E-state index in [2.05, 4.69) is 35.1 Å². The number of hydrogen-bond donors (Lipinski definition) is 1. The third kappa shape index (κ3) is 3.17. The van der Waals surface area contributed by atoms with E-state index < -0.39 is 0 Å². The molecule has 0 fully saturated rings. The third-order valence-electron chi connectivity index (χ3n) is 3.19. The normalized spacial score (nSPS) is 11.8. The van der Waals surface area contributed by atoms with E-state index in [0.29, 0.717) is 5.92 Å². The molecule has 112 valence electrons. The summed E-state index contributed by atoms with van der Waals surface area (Å²) in [5.41, 5.74) is 1.22. The van der Waals surface area contributed by atoms with Gasteiger partial charge in [0.25, 0.3) is 0 Å². The van der Waals surface area contributed by atoms with Gasteiger partial charge in [0, 0.05) is 18.1 Å². The fourth-order valence-corrected chi connectivity index (χ4v) is 3.85. The van der Waals surface area contributed by atoms with Crippen molar-refractivity contribution in [3.63, 3.8) is 0 Å². The second-order valence-corrected chi connectivity index (χ2v) is 7.29. The molecule has 0 aromatic carbocycles. The molecule has 0 amide bonds. The minimum Gasteiger partial charge on any atom is -0.468 e. The predicted molar refractivity (Wildman–Crippen MR) is 87.2 cm³/mol. The van der Waals surface area contributed by atoms with E-state index in [-0.39, 0.29) is 0 Å². The Morgan fingerprint density at radius 2 is 2.33 bits per heavy atom. The molecule has 0 unspecified atom stereocenters. The highest BCUT2D eigenvalue weighted by molar-refractivity contribution is 7.99. The summed E-state index contributed by atoms with van der Waals surface area (Å²) < 4.78 is 7.55. The van der Waals surface area contributed by atoms with Crippen LogP contribution in [0, 0.1) is 12.8 Å². The summed E-state index contributed by atoms with van der Waals surface area (Å²) in [7, 11) is 0. The summed E-state index contributed by atoms with van der Waals surface area (Å²) in [5.74, 6) is 1.58. The molecule has 4 nitrogen and oxygen atoms in total. The smallest absolute Gasteiger partial charge is 0.194 e. The van der Waals surface area contributed by atoms with E-state index in [1.54, 1.807) is 29.4 Å². The van der Waals surface area contributed by atoms with Gasteiger partial charge in [-0.05, 0) is 25.5 Å². The molecular formula is C15H19N3OS2. The molecule has 3 aromatic rings. The van der Waals surface area contributed by atoms with Gasteiger partial charge in [-0.15, -0.1) is 11.3 Å². The molecule has 3 heterocycles. The van der Waals surface area contributed by atoms with Crippen LogP contribution < -0.4 is 5.32 Å². The van der Waals surface area contributed by atoms with Gasteiger partial charge in [-0.25, -0.2) is 4.98 Å². The van der Waals surface area contributed by atoms with Crippen molar-refractivity contribution in [2.45, 2.75) is 37.2 Å². The van der Waals surface area contributed by atoms with Crippen molar-refractivity contribution < 1.29 is 4.42 Å². The maximum atomic E-state index is 5.38. The molecule has 6 heteroatoms. The minimum absolute atomic E-state index is 0.642. The zero-order chi connectivity index (χ0) is 14.8. The van der Waals surface area contributed by atoms with Gasteiger partial charge in [-0.3, -0.25) is 4.40 Å². The van der Waals surface area contributed by atoms with E-state index in [0.717, 1.165) is 33.7 Å². The van der Waals surface area contributed by atoms with Gasteiger partial charge < -0.3 is 9.73 Å². The lowest BCUT2D eigenvalue weighted by atomic mass is 10.2. The lowest BCUT2D eigenvalue weighted by Crippen LogP contribution is -2.20. The van der Waals surface area contributed by atoms with Crippen LogP contribution >= 0.6 is 23.1 Å². The predicted octanol–water partition coefficient (Wildman–Crippen LogP) is 4.19. The van der Waals surface area contributed by atoms with Gasteiger partial charge in [-0.1, -0.05) is 25.6 Å². The van der Waals surface area contributed by atoms with Crippen molar-refractivity contribution in [3.05, 3.63) is 35.4 Å². The van der Waals surface area contributed by atoms with Crippen LogP contribution in [0.3, 0.4) is 0 Å². The van der Waals surface area contributed by atoms with Gasteiger partial charge in [0.1, 0.15) is 10.8 Å². The maximum absolute atomic E-state index is 5.38. The molecule has 0 atom stereocenters. The average Bonchev–Trinajstić information content (AvgIpc) is 3.10. The quantitative estimate of drug-likeness (QED) is 0.739. The molecule has 0 saturated heterocycles. The van der Waals surface area contributed by atoms with Crippen molar-refractivity contribution in [1.82, 2.24) is 14.7 Å². The number of fused-ring (bicyclic) bond motifs is 1. The molecule has 3 aromatic heterocycles. The molecule has 1 N–H and O–H groups in total. The standard InChI is InChI=1S/C15H19N3OS2/c1-10(2)8-16-9-12-14(17-15-18(12)5-7-20-15)21-13-4-6-19-11(13)3/h4-7,10,16H,8-9H2,1-3H3. The fraction of sp³-hybridized carbons (Fsp3) is 0.400. The maximum Gasteiger partial charge on any atom is 0.194 e. The fourth-order valence-electron chi connectivity index (χ4n) is 2.12. The van der Waals surface area contributed by atoms with Gasteiger partial charge in [0.2, 0.25) is 0 Å². The number of aromatic nitrogens is 2. The first-order valence-electron chi connectivity index (χ1n) is 7.02. The Labute approximate surface area is 132 Å². The van der Waals surface area contributed by atoms with Crippen LogP contribution in [0.5, 0.6) is 0 Å². The first-order valence-corrected chi connectivity index (χ1v) is 8.72. The summed E-state index contributed by atoms with van der Waals surface area (Å²) in [5, 5.41) is 6.64. The van der Waals surface area contributed by atoms with Crippen molar-refractivity contribution >= 4 is 28.1 Å². The van der Waals surface area contributed by atoms with Crippen LogP contribution in [0.25, 0.3) is 4.96 Å². The van der Waals surface area contributed by atoms with E-state index >= 15 is 0 Å². The third-order valence-corrected chi connectivity index (χ3v) is 5.11. The van der Waals surface area contributed by atoms with Crippen molar-refractivity contribution in [2.75, 3.05) is 6.54 Å². The Kier molecular flexibility index (Phi) is 4.37. The van der Waals surface area contributed by atoms with Crippen molar-refractivity contribution in [3.8, 4) is 0 Å². The van der Waals surface area contributed by atoms with Gasteiger partial charge in [0.05, 0.1) is 16.9 Å². The lowest BCUT2D eigenvalue weighted by Gasteiger charge is -2.08. The first kappa shape index (κ1) is 14.7. The van der Waals surface area contributed by atoms with Crippen LogP contribution in [0.15, 0.2) is 38.2 Å². The number of rotatable bonds is 6. The summed E-state index contributed by atoms with van der Waals surface area (Å²) in [6, 6.07) is 2.00. The molecule has 0 bridgehead atoms. The monoisotopic (exact) mass is 321 g/mol. The van der Waals surface area contributed by atoms with Crippen molar-refractivity contribution in [1.29, 1.82) is 0 Å². The van der Waals surface area contributed by atoms with Gasteiger partial charge in [-0.2, -0.15) is 0 Å². The number of furan rings is 1. The zero-order valence-corrected chi connectivity index (χ0v) is 14.1. The Morgan fingerprint density at radius 3 is 3.05 bits per heavy atom. The average molecular weight is 321 g/mol. The van der Waals surface area contributed by atoms with E-state index in [9.17, 15) is 0 Å². The number of thiazole rings is 1. The summed E-state index contributed by atoms with van der Waals surface area (Å²) in [4.78, 5) is 6.92. The Bertz CT molecular complexity index is 726. The topological polar surface area (TPSA) is 42.5 Å². The Morgan fingerprint density at radius 1 is 1.48 bits per heavy atom. The molecular weight excluding hydrogens is 302 g/mol.